The Morgan fingerprint density at radius 3 is 1.80 bits per heavy atom. The summed E-state index contributed by atoms with van der Waals surface area (Å²) in [6.45, 7) is 11.0. The molecule has 0 aliphatic carbocycles. The van der Waals surface area contributed by atoms with Crippen molar-refractivity contribution in [2.45, 2.75) is 65.7 Å². The Morgan fingerprint density at radius 1 is 1.00 bits per heavy atom. The topological polar surface area (TPSA) is 12.5 Å². The minimum atomic E-state index is 0.328. The van der Waals surface area contributed by atoms with Crippen molar-refractivity contribution >= 4 is 0 Å². The third-order valence-electron chi connectivity index (χ3n) is 3.14. The lowest BCUT2D eigenvalue weighted by molar-refractivity contribution is -0.0375. The fourth-order valence-electron chi connectivity index (χ4n) is 2.50. The van der Waals surface area contributed by atoms with Crippen LogP contribution in [0.25, 0.3) is 0 Å². The van der Waals surface area contributed by atoms with Gasteiger partial charge in [-0.2, -0.15) is 0 Å². The van der Waals surface area contributed by atoms with Crippen molar-refractivity contribution < 1.29 is 4.74 Å². The number of hydrogen-bond donors (Lipinski definition) is 0. The normalized spacial score (nSPS) is 18.2. The van der Waals surface area contributed by atoms with Gasteiger partial charge in [0.15, 0.2) is 0 Å². The molecular formula is C13H29NO. The van der Waals surface area contributed by atoms with Crippen LogP contribution in [0.15, 0.2) is 0 Å². The molecule has 0 aromatic carbocycles. The molecule has 0 aromatic rings. The van der Waals surface area contributed by atoms with Gasteiger partial charge in [0, 0.05) is 12.0 Å². The van der Waals surface area contributed by atoms with Gasteiger partial charge in [-0.05, 0) is 47.7 Å². The van der Waals surface area contributed by atoms with E-state index in [9.17, 15) is 0 Å². The van der Waals surface area contributed by atoms with Crippen LogP contribution in [-0.2, 0) is 4.74 Å². The van der Waals surface area contributed by atoms with Crippen molar-refractivity contribution in [3.8, 4) is 0 Å². The summed E-state index contributed by atoms with van der Waals surface area (Å²) >= 11 is 0. The zero-order valence-corrected chi connectivity index (χ0v) is 11.6. The number of rotatable bonds is 7. The molecule has 0 heterocycles. The van der Waals surface area contributed by atoms with Crippen LogP contribution in [0.2, 0.25) is 0 Å². The van der Waals surface area contributed by atoms with Gasteiger partial charge >= 0.3 is 0 Å². The van der Waals surface area contributed by atoms with E-state index in [1.54, 1.807) is 0 Å². The van der Waals surface area contributed by atoms with E-state index in [-0.39, 0.29) is 0 Å². The molecule has 0 N–H and O–H groups in total. The molecule has 15 heavy (non-hydrogen) atoms. The van der Waals surface area contributed by atoms with Gasteiger partial charge in [0.1, 0.15) is 0 Å². The molecule has 0 radical (unpaired) electrons. The number of hydrogen-bond acceptors (Lipinski definition) is 2. The minimum Gasteiger partial charge on any atom is -0.376 e. The largest absolute Gasteiger partial charge is 0.376 e. The highest BCUT2D eigenvalue weighted by Crippen LogP contribution is 2.23. The fourth-order valence-corrected chi connectivity index (χ4v) is 2.50. The zero-order valence-electron chi connectivity index (χ0n) is 11.6. The van der Waals surface area contributed by atoms with Crippen molar-refractivity contribution in [2.75, 3.05) is 14.1 Å². The second kappa shape index (κ2) is 7.24. The lowest BCUT2D eigenvalue weighted by Gasteiger charge is -2.35. The van der Waals surface area contributed by atoms with Crippen LogP contribution in [0.5, 0.6) is 0 Å². The summed E-state index contributed by atoms with van der Waals surface area (Å²) in [4.78, 5) is 2.33. The molecule has 3 atom stereocenters. The van der Waals surface area contributed by atoms with Crippen LogP contribution in [0, 0.1) is 5.92 Å². The van der Waals surface area contributed by atoms with Crippen LogP contribution in [-0.4, -0.2) is 37.2 Å². The first-order valence-electron chi connectivity index (χ1n) is 6.25. The van der Waals surface area contributed by atoms with Gasteiger partial charge in [-0.25, -0.2) is 0 Å². The van der Waals surface area contributed by atoms with E-state index < -0.39 is 0 Å². The molecule has 0 spiro atoms. The number of nitrogens with zero attached hydrogens (tertiary/aromatic N) is 1. The molecule has 2 heteroatoms. The van der Waals surface area contributed by atoms with E-state index in [0.29, 0.717) is 24.2 Å². The molecule has 0 saturated heterocycles. The van der Waals surface area contributed by atoms with Crippen molar-refractivity contribution in [2.24, 2.45) is 5.92 Å². The van der Waals surface area contributed by atoms with Crippen molar-refractivity contribution in [3.63, 3.8) is 0 Å². The summed E-state index contributed by atoms with van der Waals surface area (Å²) < 4.78 is 5.91. The maximum atomic E-state index is 5.91. The molecule has 0 saturated carbocycles. The Kier molecular flexibility index (Phi) is 7.20. The molecule has 0 amide bonds. The highest BCUT2D eigenvalue weighted by Gasteiger charge is 2.26. The fraction of sp³-hybridized carbons (Fsp3) is 1.00. The molecular weight excluding hydrogens is 186 g/mol. The van der Waals surface area contributed by atoms with E-state index in [1.807, 2.05) is 0 Å². The monoisotopic (exact) mass is 215 g/mol. The Hall–Kier alpha value is -0.0800. The highest BCUT2D eigenvalue weighted by atomic mass is 16.5. The van der Waals surface area contributed by atoms with E-state index in [2.05, 4.69) is 53.6 Å². The molecule has 0 fully saturated rings. The predicted octanol–water partition coefficient (Wildman–Crippen LogP) is 3.17. The van der Waals surface area contributed by atoms with Crippen LogP contribution in [0.1, 0.15) is 47.5 Å². The maximum Gasteiger partial charge on any atom is 0.0593 e. The average Bonchev–Trinajstić information content (AvgIpc) is 2.11. The first-order valence-corrected chi connectivity index (χ1v) is 6.25. The molecule has 0 aliphatic heterocycles. The summed E-state index contributed by atoms with van der Waals surface area (Å²) in [6.07, 6.45) is 3.05. The molecule has 1 unspecified atom stereocenters. The van der Waals surface area contributed by atoms with Crippen molar-refractivity contribution in [3.05, 3.63) is 0 Å². The first-order chi connectivity index (χ1) is 6.93. The molecule has 92 valence electrons. The highest BCUT2D eigenvalue weighted by molar-refractivity contribution is 4.79. The smallest absolute Gasteiger partial charge is 0.0593 e. The van der Waals surface area contributed by atoms with E-state index in [0.717, 1.165) is 0 Å². The average molecular weight is 215 g/mol. The van der Waals surface area contributed by atoms with Gasteiger partial charge < -0.3 is 9.64 Å². The quantitative estimate of drug-likeness (QED) is 0.647. The second-order valence-electron chi connectivity index (χ2n) is 4.90. The van der Waals surface area contributed by atoms with E-state index in [4.69, 9.17) is 4.74 Å². The van der Waals surface area contributed by atoms with Crippen molar-refractivity contribution in [1.29, 1.82) is 0 Å². The minimum absolute atomic E-state index is 0.328. The lowest BCUT2D eigenvalue weighted by Crippen LogP contribution is -2.41. The van der Waals surface area contributed by atoms with E-state index >= 15 is 0 Å². The van der Waals surface area contributed by atoms with E-state index in [1.165, 1.54) is 12.8 Å². The van der Waals surface area contributed by atoms with Gasteiger partial charge in [0.25, 0.3) is 0 Å². The van der Waals surface area contributed by atoms with Gasteiger partial charge in [-0.15, -0.1) is 0 Å². The number of ether oxygens (including phenoxy) is 1. The van der Waals surface area contributed by atoms with Gasteiger partial charge in [0.05, 0.1) is 12.2 Å². The summed E-state index contributed by atoms with van der Waals surface area (Å²) in [5.41, 5.74) is 0. The Labute approximate surface area is 96.0 Å². The third-order valence-corrected chi connectivity index (χ3v) is 3.14. The second-order valence-corrected chi connectivity index (χ2v) is 4.90. The third kappa shape index (κ3) is 4.98. The summed E-state index contributed by atoms with van der Waals surface area (Å²) in [5.74, 6) is 0.632. The molecule has 0 aromatic heterocycles. The Bertz CT molecular complexity index is 157. The van der Waals surface area contributed by atoms with Crippen molar-refractivity contribution in [1.82, 2.24) is 4.90 Å². The van der Waals surface area contributed by atoms with Crippen LogP contribution < -0.4 is 0 Å². The summed E-state index contributed by atoms with van der Waals surface area (Å²) in [7, 11) is 4.33. The van der Waals surface area contributed by atoms with Gasteiger partial charge in [0.2, 0.25) is 0 Å². The zero-order chi connectivity index (χ0) is 12.0. The first kappa shape index (κ1) is 14.9. The van der Waals surface area contributed by atoms with Crippen LogP contribution in [0.4, 0.5) is 0 Å². The summed E-state index contributed by atoms with van der Waals surface area (Å²) in [6, 6.07) is 0.628. The standard InChI is InChI=1S/C13H29NO/c1-8-12(11(5)15-10(3)4)13(9-2)14(6)7/h10-13H,8-9H2,1-7H3/t11-,12-,13?/m0/s1. The molecule has 0 bridgehead atoms. The Balaban J connectivity index is 4.43. The molecule has 2 nitrogen and oxygen atoms in total. The summed E-state index contributed by atoms with van der Waals surface area (Å²) in [5, 5.41) is 0. The molecule has 0 aliphatic rings. The SMILES string of the molecule is CCC([C@@H](CC)[C@H](C)OC(C)C)N(C)C. The lowest BCUT2D eigenvalue weighted by atomic mass is 9.89. The van der Waals surface area contributed by atoms with Crippen LogP contribution in [0.3, 0.4) is 0 Å². The maximum absolute atomic E-state index is 5.91. The van der Waals surface area contributed by atoms with Gasteiger partial charge in [-0.1, -0.05) is 13.8 Å². The predicted molar refractivity (Wildman–Crippen MR) is 67.2 cm³/mol. The Morgan fingerprint density at radius 2 is 1.53 bits per heavy atom. The van der Waals surface area contributed by atoms with Gasteiger partial charge in [-0.3, -0.25) is 0 Å². The van der Waals surface area contributed by atoms with Crippen LogP contribution >= 0.6 is 0 Å². The molecule has 0 rings (SSSR count).